The zero-order valence-electron chi connectivity index (χ0n) is 38.2. The molecule has 0 aromatic heterocycles. The topological polar surface area (TPSA) is 0 Å². The molecule has 11 aromatic rings. The molecule has 260 valence electrons. The molecule has 0 atom stereocenters. The lowest BCUT2D eigenvalue weighted by molar-refractivity contribution is 1.58. The largest absolute Gasteiger partial charge is 0.0629 e. The van der Waals surface area contributed by atoms with Crippen LogP contribution in [-0.4, -0.2) is 0 Å². The van der Waals surface area contributed by atoms with Crippen LogP contribution in [0.25, 0.3) is 109 Å². The van der Waals surface area contributed by atoms with Gasteiger partial charge in [0.1, 0.15) is 0 Å². The first-order chi connectivity index (χ1) is 31.2. The molecule has 0 amide bonds. The maximum absolute atomic E-state index is 9.78. The van der Waals surface area contributed by atoms with Crippen LogP contribution in [0.4, 0.5) is 0 Å². The molecule has 11 aromatic carbocycles. The summed E-state index contributed by atoms with van der Waals surface area (Å²) in [5.74, 6) is 0. The lowest BCUT2D eigenvalue weighted by Gasteiger charge is -2.23. The summed E-state index contributed by atoms with van der Waals surface area (Å²) in [6.07, 6.45) is 0. The minimum atomic E-state index is -0.438. The summed E-state index contributed by atoms with van der Waals surface area (Å²) < 4.78 is 75.6. The van der Waals surface area contributed by atoms with E-state index < -0.39 is 24.2 Å². The summed E-state index contributed by atoms with van der Waals surface area (Å²) in [6.45, 7) is 0. The van der Waals surface area contributed by atoms with E-state index in [0.717, 1.165) is 65.7 Å². The molecular weight excluding hydrogens is 673 g/mol. The van der Waals surface area contributed by atoms with E-state index in [-0.39, 0.29) is 45.7 Å². The summed E-state index contributed by atoms with van der Waals surface area (Å²) in [7, 11) is 0. The SMILES string of the molecule is [2H]c1c([2H])c([2H])c2c(-c3ccc(-c4cccc5c4ccc4ccccc45)c4ccccc34)c3c([2H])c([2H])c([2H])c([2H])c3c(-c3c(-c4ccccc4)cccc3-c3ccccc3)c2c1[2H]. The molecule has 0 saturated heterocycles. The molecule has 56 heavy (non-hydrogen) atoms. The first kappa shape index (κ1) is 24.9. The van der Waals surface area contributed by atoms with Crippen molar-refractivity contribution in [2.45, 2.75) is 0 Å². The van der Waals surface area contributed by atoms with Crippen LogP contribution in [0.3, 0.4) is 0 Å². The molecule has 0 aliphatic rings. The minimum Gasteiger partial charge on any atom is -0.0622 e. The Morgan fingerprint density at radius 2 is 0.661 bits per heavy atom. The smallest absolute Gasteiger partial charge is 0.0622 e. The highest BCUT2D eigenvalue weighted by Gasteiger charge is 2.23. The summed E-state index contributed by atoms with van der Waals surface area (Å²) in [5, 5.41) is 6.84. The zero-order chi connectivity index (χ0) is 44.0. The van der Waals surface area contributed by atoms with Crippen LogP contribution in [0.15, 0.2) is 218 Å². The van der Waals surface area contributed by atoms with Gasteiger partial charge in [0.2, 0.25) is 0 Å². The summed E-state index contributed by atoms with van der Waals surface area (Å²) in [6, 6.07) is 53.2. The van der Waals surface area contributed by atoms with Crippen molar-refractivity contribution in [1.29, 1.82) is 0 Å². The summed E-state index contributed by atoms with van der Waals surface area (Å²) >= 11 is 0. The first-order valence-electron chi connectivity index (χ1n) is 22.8. The van der Waals surface area contributed by atoms with E-state index in [1.807, 2.05) is 127 Å². The van der Waals surface area contributed by atoms with Crippen molar-refractivity contribution in [3.05, 3.63) is 218 Å². The highest BCUT2D eigenvalue weighted by atomic mass is 14.3. The van der Waals surface area contributed by atoms with Gasteiger partial charge in [0.15, 0.2) is 0 Å². The van der Waals surface area contributed by atoms with Gasteiger partial charge in [-0.2, -0.15) is 0 Å². The Bertz CT molecular complexity index is 3610. The molecule has 0 aliphatic heterocycles. The molecule has 0 fully saturated rings. The molecule has 0 heterocycles. The average molecular weight is 717 g/mol. The van der Waals surface area contributed by atoms with Gasteiger partial charge in [-0.15, -0.1) is 0 Å². The van der Waals surface area contributed by atoms with Gasteiger partial charge < -0.3 is 0 Å². The van der Waals surface area contributed by atoms with Crippen molar-refractivity contribution < 1.29 is 11.0 Å². The van der Waals surface area contributed by atoms with Crippen molar-refractivity contribution in [3.8, 4) is 55.6 Å². The third-order valence-corrected chi connectivity index (χ3v) is 11.1. The van der Waals surface area contributed by atoms with Crippen molar-refractivity contribution in [3.63, 3.8) is 0 Å². The second-order valence-electron chi connectivity index (χ2n) is 14.1. The molecule has 0 saturated carbocycles. The molecule has 0 unspecified atom stereocenters. The van der Waals surface area contributed by atoms with Crippen LogP contribution in [0, 0.1) is 0 Å². The van der Waals surface area contributed by atoms with E-state index in [1.54, 1.807) is 0 Å². The van der Waals surface area contributed by atoms with Crippen LogP contribution in [0.5, 0.6) is 0 Å². The van der Waals surface area contributed by atoms with E-state index in [9.17, 15) is 5.48 Å². The van der Waals surface area contributed by atoms with Crippen LogP contribution in [0.2, 0.25) is 0 Å². The Hall–Kier alpha value is -7.28. The Kier molecular flexibility index (Phi) is 5.89. The van der Waals surface area contributed by atoms with E-state index in [0.29, 0.717) is 22.3 Å². The number of hydrogen-bond donors (Lipinski definition) is 0. The number of rotatable bonds is 5. The number of benzene rings is 11. The van der Waals surface area contributed by atoms with Gasteiger partial charge in [0, 0.05) is 0 Å². The molecule has 0 N–H and O–H groups in total. The fraction of sp³-hybridized carbons (Fsp3) is 0. The van der Waals surface area contributed by atoms with E-state index in [2.05, 4.69) is 42.5 Å². The van der Waals surface area contributed by atoms with Gasteiger partial charge in [-0.25, -0.2) is 0 Å². The van der Waals surface area contributed by atoms with E-state index in [4.69, 9.17) is 5.48 Å². The predicted octanol–water partition coefficient (Wildman–Crippen LogP) is 15.8. The molecule has 11 rings (SSSR count). The third kappa shape index (κ3) is 5.08. The fourth-order valence-corrected chi connectivity index (χ4v) is 8.71. The van der Waals surface area contributed by atoms with E-state index in [1.165, 1.54) is 0 Å². The monoisotopic (exact) mass is 716 g/mol. The van der Waals surface area contributed by atoms with Crippen LogP contribution in [0.1, 0.15) is 11.0 Å². The van der Waals surface area contributed by atoms with Crippen molar-refractivity contribution >= 4 is 53.9 Å². The van der Waals surface area contributed by atoms with Gasteiger partial charge in [-0.05, 0) is 109 Å². The second kappa shape index (κ2) is 13.2. The van der Waals surface area contributed by atoms with Gasteiger partial charge in [0.25, 0.3) is 0 Å². The van der Waals surface area contributed by atoms with Gasteiger partial charge in [-0.1, -0.05) is 218 Å². The molecule has 0 aliphatic carbocycles. The van der Waals surface area contributed by atoms with Crippen LogP contribution >= 0.6 is 0 Å². The highest BCUT2D eigenvalue weighted by Crippen LogP contribution is 2.50. The van der Waals surface area contributed by atoms with Crippen LogP contribution < -0.4 is 0 Å². The fourth-order valence-electron chi connectivity index (χ4n) is 8.71. The molecular formula is C56H36. The zero-order valence-corrected chi connectivity index (χ0v) is 30.2. The van der Waals surface area contributed by atoms with Crippen molar-refractivity contribution in [2.24, 2.45) is 0 Å². The first-order valence-corrected chi connectivity index (χ1v) is 18.8. The second-order valence-corrected chi connectivity index (χ2v) is 14.1. The Labute approximate surface area is 337 Å². The minimum absolute atomic E-state index is 0.174. The standard InChI is InChI=1S/C56H36/c1-3-17-37(18-4-1)41-29-15-30-42(38-19-5-2-6-20-38)55(41)56-51-27-13-11-25-49(51)54(50-26-12-14-28-52(50)56)53-36-35-48(44-23-9-10-24-46(44)53)45-32-16-31-43-40-22-8-7-21-39(40)33-34-47(43)45/h1-36H/i11D,12D,13D,14D,25D,26D,27D,28D. The van der Waals surface area contributed by atoms with Crippen molar-refractivity contribution in [1.82, 2.24) is 0 Å². The Morgan fingerprint density at radius 1 is 0.232 bits per heavy atom. The molecule has 0 spiro atoms. The van der Waals surface area contributed by atoms with Crippen molar-refractivity contribution in [2.75, 3.05) is 0 Å². The molecule has 0 nitrogen and oxygen atoms in total. The van der Waals surface area contributed by atoms with E-state index >= 15 is 0 Å². The van der Waals surface area contributed by atoms with Gasteiger partial charge >= 0.3 is 0 Å². The summed E-state index contributed by atoms with van der Waals surface area (Å²) in [4.78, 5) is 0. The average Bonchev–Trinajstić information content (AvgIpc) is 3.35. The molecule has 0 heteroatoms. The molecule has 0 radical (unpaired) electrons. The number of hydrogen-bond acceptors (Lipinski definition) is 0. The maximum Gasteiger partial charge on any atom is 0.0629 e. The highest BCUT2D eigenvalue weighted by molar-refractivity contribution is 6.26. The van der Waals surface area contributed by atoms with Crippen LogP contribution in [-0.2, 0) is 0 Å². The lowest BCUT2D eigenvalue weighted by Crippen LogP contribution is -1.96. The molecule has 0 bridgehead atoms. The van der Waals surface area contributed by atoms with Gasteiger partial charge in [0.05, 0.1) is 11.0 Å². The predicted molar refractivity (Wildman–Crippen MR) is 241 cm³/mol. The Balaban J connectivity index is 1.34. The maximum atomic E-state index is 9.78. The Morgan fingerprint density at radius 3 is 1.29 bits per heavy atom. The normalized spacial score (nSPS) is 13.6. The third-order valence-electron chi connectivity index (χ3n) is 11.1. The quantitative estimate of drug-likeness (QED) is 0.123. The number of fused-ring (bicyclic) bond motifs is 6. The van der Waals surface area contributed by atoms with Gasteiger partial charge in [-0.3, -0.25) is 0 Å². The lowest BCUT2D eigenvalue weighted by atomic mass is 9.80. The summed E-state index contributed by atoms with van der Waals surface area (Å²) in [5.41, 5.74) is 6.96.